The number of piperidine rings is 1. The summed E-state index contributed by atoms with van der Waals surface area (Å²) in [7, 11) is 0. The predicted octanol–water partition coefficient (Wildman–Crippen LogP) is 3.56. The Morgan fingerprint density at radius 3 is 2.60 bits per heavy atom. The lowest BCUT2D eigenvalue weighted by atomic mass is 9.83. The molecule has 0 spiro atoms. The van der Waals surface area contributed by atoms with Crippen molar-refractivity contribution in [2.45, 2.75) is 38.1 Å². The van der Waals surface area contributed by atoms with Crippen LogP contribution in [0.25, 0.3) is 6.08 Å². The Labute approximate surface area is 149 Å². The van der Waals surface area contributed by atoms with E-state index in [4.69, 9.17) is 0 Å². The fourth-order valence-electron chi connectivity index (χ4n) is 4.38. The summed E-state index contributed by atoms with van der Waals surface area (Å²) in [6.45, 7) is 3.71. The molecular weight excluding hydrogens is 315 g/mol. The van der Waals surface area contributed by atoms with Crippen molar-refractivity contribution in [3.05, 3.63) is 41.7 Å². The van der Waals surface area contributed by atoms with Crippen molar-refractivity contribution in [3.63, 3.8) is 0 Å². The Morgan fingerprint density at radius 1 is 1.08 bits per heavy atom. The van der Waals surface area contributed by atoms with Gasteiger partial charge in [-0.3, -0.25) is 9.69 Å². The molecule has 0 aromatic heterocycles. The number of hydrogen-bond acceptors (Lipinski definition) is 2. The highest BCUT2D eigenvalue weighted by Gasteiger charge is 2.41. The van der Waals surface area contributed by atoms with Crippen LogP contribution in [0.5, 0.6) is 0 Å². The van der Waals surface area contributed by atoms with Crippen LogP contribution in [0.3, 0.4) is 0 Å². The van der Waals surface area contributed by atoms with E-state index in [2.05, 4.69) is 15.9 Å². The van der Waals surface area contributed by atoms with E-state index in [0.29, 0.717) is 11.9 Å². The summed E-state index contributed by atoms with van der Waals surface area (Å²) in [5.74, 6) is 1.12. The number of fused-ring (bicyclic) bond motifs is 4. The average Bonchev–Trinajstić information content (AvgIpc) is 2.84. The van der Waals surface area contributed by atoms with Crippen molar-refractivity contribution in [3.8, 4) is 0 Å². The number of benzene rings is 1. The van der Waals surface area contributed by atoms with Gasteiger partial charge in [0.1, 0.15) is 5.82 Å². The molecule has 25 heavy (non-hydrogen) atoms. The largest absolute Gasteiger partial charge is 0.338 e. The topological polar surface area (TPSA) is 23.6 Å². The first-order valence-electron chi connectivity index (χ1n) is 9.64. The van der Waals surface area contributed by atoms with Crippen LogP contribution in [0.2, 0.25) is 0 Å². The van der Waals surface area contributed by atoms with Gasteiger partial charge in [-0.1, -0.05) is 30.7 Å². The smallest absolute Gasteiger partial charge is 0.227 e. The van der Waals surface area contributed by atoms with E-state index >= 15 is 0 Å². The molecule has 134 valence electrons. The molecule has 3 nitrogen and oxygen atoms in total. The molecule has 1 aromatic carbocycles. The first-order valence-corrected chi connectivity index (χ1v) is 9.64. The number of rotatable bonds is 5. The first-order chi connectivity index (χ1) is 12.2. The predicted molar refractivity (Wildman–Crippen MR) is 97.4 cm³/mol. The van der Waals surface area contributed by atoms with Gasteiger partial charge in [0.2, 0.25) is 5.91 Å². The van der Waals surface area contributed by atoms with E-state index in [0.717, 1.165) is 50.5 Å². The highest BCUT2D eigenvalue weighted by molar-refractivity contribution is 5.80. The van der Waals surface area contributed by atoms with Crippen LogP contribution in [-0.4, -0.2) is 47.9 Å². The maximum atomic E-state index is 13.0. The lowest BCUT2D eigenvalue weighted by Gasteiger charge is -2.40. The summed E-state index contributed by atoms with van der Waals surface area (Å²) in [5, 5.41) is 0. The summed E-state index contributed by atoms with van der Waals surface area (Å²) in [4.78, 5) is 17.4. The Morgan fingerprint density at radius 2 is 1.88 bits per heavy atom. The molecule has 4 aliphatic rings. The number of nitrogens with zero attached hydrogens (tertiary/aromatic N) is 2. The monoisotopic (exact) mass is 342 g/mol. The van der Waals surface area contributed by atoms with Gasteiger partial charge in [0.05, 0.1) is 5.92 Å². The molecule has 2 unspecified atom stereocenters. The zero-order valence-corrected chi connectivity index (χ0v) is 14.7. The van der Waals surface area contributed by atoms with E-state index in [-0.39, 0.29) is 11.7 Å². The molecule has 0 radical (unpaired) electrons. The minimum atomic E-state index is -0.202. The van der Waals surface area contributed by atoms with Crippen LogP contribution in [0.15, 0.2) is 30.3 Å². The van der Waals surface area contributed by atoms with Gasteiger partial charge in [-0.2, -0.15) is 0 Å². The third-order valence-electron chi connectivity index (χ3n) is 6.09. The van der Waals surface area contributed by atoms with Crippen LogP contribution in [0, 0.1) is 17.7 Å². The second-order valence-electron chi connectivity index (χ2n) is 7.89. The van der Waals surface area contributed by atoms with Crippen molar-refractivity contribution in [2.24, 2.45) is 11.8 Å². The second kappa shape index (κ2) is 7.28. The number of halogens is 1. The number of carbonyl (C=O) groups is 1. The molecule has 1 aliphatic carbocycles. The van der Waals surface area contributed by atoms with E-state index in [9.17, 15) is 9.18 Å². The average molecular weight is 342 g/mol. The van der Waals surface area contributed by atoms with Crippen LogP contribution in [0.1, 0.15) is 37.7 Å². The molecule has 2 atom stereocenters. The number of carbonyl (C=O) groups excluding carboxylic acids is 1. The van der Waals surface area contributed by atoms with Crippen LogP contribution in [0.4, 0.5) is 4.39 Å². The second-order valence-corrected chi connectivity index (χ2v) is 7.89. The molecule has 3 aliphatic heterocycles. The third kappa shape index (κ3) is 3.79. The van der Waals surface area contributed by atoms with E-state index in [1.54, 1.807) is 12.1 Å². The molecule has 0 N–H and O–H groups in total. The molecule has 1 saturated carbocycles. The standard InChI is InChI=1S/C21H27FN2O/c22-19-9-6-16(7-10-19)5-2-12-23-14-18-8-11-20(15-23)24(21(18)25)13-17-3-1-4-17/h2,5-7,9-10,17-18,20H,1,3-4,8,11-15H2. The van der Waals surface area contributed by atoms with Crippen LogP contribution in [-0.2, 0) is 4.79 Å². The van der Waals surface area contributed by atoms with Crippen molar-refractivity contribution in [1.29, 1.82) is 0 Å². The molecule has 1 amide bonds. The van der Waals surface area contributed by atoms with Gasteiger partial charge < -0.3 is 4.90 Å². The molecule has 3 saturated heterocycles. The minimum Gasteiger partial charge on any atom is -0.338 e. The Kier molecular flexibility index (Phi) is 4.89. The van der Waals surface area contributed by atoms with Gasteiger partial charge in [-0.25, -0.2) is 4.39 Å². The number of amides is 1. The Balaban J connectivity index is 1.37. The molecule has 4 fully saturated rings. The van der Waals surface area contributed by atoms with E-state index in [1.807, 2.05) is 6.08 Å². The van der Waals surface area contributed by atoms with E-state index in [1.165, 1.54) is 31.4 Å². The third-order valence-corrected chi connectivity index (χ3v) is 6.09. The van der Waals surface area contributed by atoms with Gasteiger partial charge in [0.25, 0.3) is 0 Å². The highest BCUT2D eigenvalue weighted by Crippen LogP contribution is 2.33. The highest BCUT2D eigenvalue weighted by atomic mass is 19.1. The van der Waals surface area contributed by atoms with Crippen molar-refractivity contribution < 1.29 is 9.18 Å². The summed E-state index contributed by atoms with van der Waals surface area (Å²) < 4.78 is 13.0. The molecule has 2 bridgehead atoms. The SMILES string of the molecule is O=C1C2CCC(CN(CC=Cc3ccc(F)cc3)C2)N1CC1CCC1. The summed E-state index contributed by atoms with van der Waals surface area (Å²) >= 11 is 0. The molecule has 5 rings (SSSR count). The fourth-order valence-corrected chi connectivity index (χ4v) is 4.38. The lowest BCUT2D eigenvalue weighted by molar-refractivity contribution is -0.141. The Hall–Kier alpha value is -1.68. The quantitative estimate of drug-likeness (QED) is 0.817. The summed E-state index contributed by atoms with van der Waals surface area (Å²) in [5.41, 5.74) is 1.02. The van der Waals surface area contributed by atoms with Gasteiger partial charge >= 0.3 is 0 Å². The van der Waals surface area contributed by atoms with Gasteiger partial charge in [0.15, 0.2) is 0 Å². The first kappa shape index (κ1) is 16.8. The minimum absolute atomic E-state index is 0.179. The summed E-state index contributed by atoms with van der Waals surface area (Å²) in [6, 6.07) is 6.96. The van der Waals surface area contributed by atoms with Gasteiger partial charge in [-0.05, 0) is 49.3 Å². The maximum absolute atomic E-state index is 13.0. The normalized spacial score (nSPS) is 27.7. The van der Waals surface area contributed by atoms with Crippen molar-refractivity contribution in [1.82, 2.24) is 9.80 Å². The van der Waals surface area contributed by atoms with Crippen molar-refractivity contribution in [2.75, 3.05) is 26.2 Å². The maximum Gasteiger partial charge on any atom is 0.227 e. The summed E-state index contributed by atoms with van der Waals surface area (Å²) in [6.07, 6.45) is 10.3. The Bertz CT molecular complexity index is 638. The van der Waals surface area contributed by atoms with E-state index < -0.39 is 0 Å². The molecule has 1 aromatic rings. The molecular formula is C21H27FN2O. The van der Waals surface area contributed by atoms with Crippen LogP contribution < -0.4 is 0 Å². The number of hydrogen-bond donors (Lipinski definition) is 0. The molecule has 3 heterocycles. The zero-order chi connectivity index (χ0) is 17.2. The lowest BCUT2D eigenvalue weighted by Crippen LogP contribution is -2.50. The molecule has 4 heteroatoms. The van der Waals surface area contributed by atoms with Gasteiger partial charge in [0, 0.05) is 32.2 Å². The van der Waals surface area contributed by atoms with Crippen LogP contribution >= 0.6 is 0 Å². The fraction of sp³-hybridized carbons (Fsp3) is 0.571. The van der Waals surface area contributed by atoms with Gasteiger partial charge in [-0.15, -0.1) is 0 Å². The van der Waals surface area contributed by atoms with Crippen molar-refractivity contribution >= 4 is 12.0 Å². The zero-order valence-electron chi connectivity index (χ0n) is 14.7.